The van der Waals surface area contributed by atoms with Crippen molar-refractivity contribution in [2.45, 2.75) is 6.36 Å². The zero-order valence-corrected chi connectivity index (χ0v) is 13.7. The zero-order valence-electron chi connectivity index (χ0n) is 13.7. The zero-order chi connectivity index (χ0) is 18.7. The van der Waals surface area contributed by atoms with E-state index in [-0.39, 0.29) is 11.7 Å². The number of nitrogens with zero attached hydrogens (tertiary/aromatic N) is 1. The fourth-order valence-electron chi connectivity index (χ4n) is 2.60. The standard InChI is InChI=1S/C18H17F3N4O/c1-2-11-7-8-24-17(15(11)16(22)12-9-23-10-12)25-13-3-5-14(6-4-13)26-18(19,20)21/h2-8,12,22-23H,1,9-10H2,(H,24,25). The largest absolute Gasteiger partial charge is 0.573 e. The lowest BCUT2D eigenvalue weighted by atomic mass is 9.89. The molecule has 136 valence electrons. The molecule has 3 N–H and O–H groups in total. The average Bonchev–Trinajstić information content (AvgIpc) is 2.53. The Morgan fingerprint density at radius 3 is 2.50 bits per heavy atom. The van der Waals surface area contributed by atoms with E-state index in [0.29, 0.717) is 22.8 Å². The molecule has 0 amide bonds. The van der Waals surface area contributed by atoms with Gasteiger partial charge in [-0.05, 0) is 35.9 Å². The van der Waals surface area contributed by atoms with Crippen molar-refractivity contribution < 1.29 is 17.9 Å². The summed E-state index contributed by atoms with van der Waals surface area (Å²) in [6, 6.07) is 7.12. The van der Waals surface area contributed by atoms with Crippen molar-refractivity contribution in [2.75, 3.05) is 18.4 Å². The molecule has 26 heavy (non-hydrogen) atoms. The monoisotopic (exact) mass is 362 g/mol. The minimum Gasteiger partial charge on any atom is -0.406 e. The number of halogens is 3. The maximum Gasteiger partial charge on any atom is 0.573 e. The highest BCUT2D eigenvalue weighted by atomic mass is 19.4. The SMILES string of the molecule is C=Cc1ccnc(Nc2ccc(OC(F)(F)F)cc2)c1C(=N)C1CNC1. The van der Waals surface area contributed by atoms with Crippen molar-refractivity contribution in [1.82, 2.24) is 10.3 Å². The molecule has 0 unspecified atom stereocenters. The van der Waals surface area contributed by atoms with E-state index >= 15 is 0 Å². The molecule has 2 aromatic rings. The second-order valence-electron chi connectivity index (χ2n) is 5.79. The number of anilines is 2. The highest BCUT2D eigenvalue weighted by Crippen LogP contribution is 2.28. The van der Waals surface area contributed by atoms with Crippen LogP contribution in [0.2, 0.25) is 0 Å². The van der Waals surface area contributed by atoms with Gasteiger partial charge in [-0.15, -0.1) is 13.2 Å². The van der Waals surface area contributed by atoms with Gasteiger partial charge in [0.15, 0.2) is 0 Å². The van der Waals surface area contributed by atoms with Crippen LogP contribution in [0.3, 0.4) is 0 Å². The summed E-state index contributed by atoms with van der Waals surface area (Å²) in [6.45, 7) is 5.24. The lowest BCUT2D eigenvalue weighted by molar-refractivity contribution is -0.274. The smallest absolute Gasteiger partial charge is 0.406 e. The van der Waals surface area contributed by atoms with Crippen molar-refractivity contribution in [3.05, 3.63) is 54.2 Å². The van der Waals surface area contributed by atoms with E-state index < -0.39 is 6.36 Å². The summed E-state index contributed by atoms with van der Waals surface area (Å²) in [6.07, 6.45) is -1.48. The van der Waals surface area contributed by atoms with E-state index in [1.54, 1.807) is 18.3 Å². The highest BCUT2D eigenvalue weighted by molar-refractivity contribution is 6.07. The predicted molar refractivity (Wildman–Crippen MR) is 93.9 cm³/mol. The van der Waals surface area contributed by atoms with Gasteiger partial charge in [-0.25, -0.2) is 4.98 Å². The molecule has 0 saturated carbocycles. The summed E-state index contributed by atoms with van der Waals surface area (Å²) < 4.78 is 40.6. The number of rotatable bonds is 6. The lowest BCUT2D eigenvalue weighted by Crippen LogP contribution is -2.46. The van der Waals surface area contributed by atoms with Gasteiger partial charge in [0, 0.05) is 42.2 Å². The Bertz CT molecular complexity index is 814. The summed E-state index contributed by atoms with van der Waals surface area (Å²) in [7, 11) is 0. The number of alkyl halides is 3. The van der Waals surface area contributed by atoms with Crippen LogP contribution in [0.25, 0.3) is 6.08 Å². The number of hydrogen-bond donors (Lipinski definition) is 3. The van der Waals surface area contributed by atoms with Crippen molar-refractivity contribution in [3.8, 4) is 5.75 Å². The Balaban J connectivity index is 1.85. The second kappa shape index (κ2) is 7.17. The van der Waals surface area contributed by atoms with Crippen molar-refractivity contribution in [3.63, 3.8) is 0 Å². The van der Waals surface area contributed by atoms with Gasteiger partial charge >= 0.3 is 6.36 Å². The van der Waals surface area contributed by atoms with Gasteiger partial charge in [0.05, 0.1) is 0 Å². The molecule has 1 aromatic carbocycles. The maximum absolute atomic E-state index is 12.2. The molecule has 2 heterocycles. The van der Waals surface area contributed by atoms with E-state index in [4.69, 9.17) is 5.41 Å². The molecule has 1 aromatic heterocycles. The highest BCUT2D eigenvalue weighted by Gasteiger charge is 2.31. The van der Waals surface area contributed by atoms with Gasteiger partial charge < -0.3 is 20.8 Å². The Morgan fingerprint density at radius 1 is 1.27 bits per heavy atom. The topological polar surface area (TPSA) is 70.0 Å². The summed E-state index contributed by atoms with van der Waals surface area (Å²) in [5.41, 5.74) is 2.40. The van der Waals surface area contributed by atoms with Crippen LogP contribution in [0.5, 0.6) is 5.75 Å². The minimum atomic E-state index is -4.73. The summed E-state index contributed by atoms with van der Waals surface area (Å²) >= 11 is 0. The first-order valence-corrected chi connectivity index (χ1v) is 7.91. The fourth-order valence-corrected chi connectivity index (χ4v) is 2.60. The van der Waals surface area contributed by atoms with Crippen molar-refractivity contribution in [1.29, 1.82) is 5.41 Å². The Kier molecular flexibility index (Phi) is 4.94. The van der Waals surface area contributed by atoms with Crippen LogP contribution in [-0.4, -0.2) is 30.1 Å². The normalized spacial score (nSPS) is 14.4. The second-order valence-corrected chi connectivity index (χ2v) is 5.79. The first kappa shape index (κ1) is 17.9. The van der Waals surface area contributed by atoms with E-state index in [0.717, 1.165) is 18.7 Å². The van der Waals surface area contributed by atoms with Crippen LogP contribution in [0.15, 0.2) is 43.1 Å². The van der Waals surface area contributed by atoms with Crippen LogP contribution >= 0.6 is 0 Å². The minimum absolute atomic E-state index is 0.0982. The number of aromatic nitrogens is 1. The third kappa shape index (κ3) is 4.02. The number of pyridine rings is 1. The van der Waals surface area contributed by atoms with E-state index in [9.17, 15) is 13.2 Å². The van der Waals surface area contributed by atoms with Crippen molar-refractivity contribution in [2.24, 2.45) is 5.92 Å². The van der Waals surface area contributed by atoms with Crippen LogP contribution in [0, 0.1) is 11.3 Å². The van der Waals surface area contributed by atoms with Crippen LogP contribution in [0.4, 0.5) is 24.7 Å². The molecule has 5 nitrogen and oxygen atoms in total. The van der Waals surface area contributed by atoms with Gasteiger partial charge in [0.2, 0.25) is 0 Å². The Labute approximate surface area is 148 Å². The third-order valence-corrected chi connectivity index (χ3v) is 4.01. The van der Waals surface area contributed by atoms with Gasteiger partial charge in [-0.1, -0.05) is 12.7 Å². The molecule has 3 rings (SSSR count). The Hall–Kier alpha value is -2.87. The quantitative estimate of drug-likeness (QED) is 0.681. The summed E-state index contributed by atoms with van der Waals surface area (Å²) in [4.78, 5) is 4.29. The molecule has 1 aliphatic heterocycles. The van der Waals surface area contributed by atoms with Crippen molar-refractivity contribution >= 4 is 23.3 Å². The summed E-state index contributed by atoms with van der Waals surface area (Å²) in [5, 5.41) is 14.7. The lowest BCUT2D eigenvalue weighted by Gasteiger charge is -2.29. The van der Waals surface area contributed by atoms with E-state index in [2.05, 4.69) is 26.9 Å². The van der Waals surface area contributed by atoms with Gasteiger partial charge in [0.25, 0.3) is 0 Å². The molecule has 1 aliphatic rings. The number of nitrogens with one attached hydrogen (secondary N) is 3. The first-order valence-electron chi connectivity index (χ1n) is 7.91. The first-order chi connectivity index (χ1) is 12.4. The van der Waals surface area contributed by atoms with Gasteiger partial charge in [0.1, 0.15) is 11.6 Å². The molecule has 0 aliphatic carbocycles. The molecule has 0 spiro atoms. The molecule has 0 atom stereocenters. The molecular weight excluding hydrogens is 345 g/mol. The molecule has 8 heteroatoms. The molecule has 1 saturated heterocycles. The third-order valence-electron chi connectivity index (χ3n) is 4.01. The molecule has 1 fully saturated rings. The number of ether oxygens (including phenoxy) is 1. The predicted octanol–water partition coefficient (Wildman–Crippen LogP) is 3.95. The van der Waals surface area contributed by atoms with Crippen LogP contribution in [-0.2, 0) is 0 Å². The van der Waals surface area contributed by atoms with E-state index in [1.165, 1.54) is 24.3 Å². The van der Waals surface area contributed by atoms with Crippen LogP contribution in [0.1, 0.15) is 11.1 Å². The van der Waals surface area contributed by atoms with E-state index in [1.807, 2.05) is 0 Å². The fraction of sp³-hybridized carbons (Fsp3) is 0.222. The molecule has 0 radical (unpaired) electrons. The average molecular weight is 362 g/mol. The number of hydrogen-bond acceptors (Lipinski definition) is 5. The number of benzene rings is 1. The Morgan fingerprint density at radius 2 is 1.96 bits per heavy atom. The molecule has 0 bridgehead atoms. The molecular formula is C18H17F3N4O. The van der Waals surface area contributed by atoms with Gasteiger partial charge in [-0.3, -0.25) is 0 Å². The summed E-state index contributed by atoms with van der Waals surface area (Å²) in [5.74, 6) is 0.258. The van der Waals surface area contributed by atoms with Gasteiger partial charge in [-0.2, -0.15) is 0 Å². The maximum atomic E-state index is 12.2. The van der Waals surface area contributed by atoms with Crippen LogP contribution < -0.4 is 15.4 Å².